The second-order valence-electron chi connectivity index (χ2n) is 1.47. The van der Waals surface area contributed by atoms with Gasteiger partial charge in [-0.25, -0.2) is 0 Å². The van der Waals surface area contributed by atoms with Crippen molar-refractivity contribution in [3.63, 3.8) is 0 Å². The van der Waals surface area contributed by atoms with Crippen LogP contribution in [0.5, 0.6) is 0 Å². The first-order chi connectivity index (χ1) is 3.79. The van der Waals surface area contributed by atoms with E-state index in [-0.39, 0.29) is 17.7 Å². The van der Waals surface area contributed by atoms with Gasteiger partial charge in [-0.1, -0.05) is 0 Å². The van der Waals surface area contributed by atoms with Crippen LogP contribution in [0.25, 0.3) is 0 Å². The lowest BCUT2D eigenvalue weighted by molar-refractivity contribution is -0.113. The van der Waals surface area contributed by atoms with Crippen molar-refractivity contribution in [1.82, 2.24) is 6.15 Å². The van der Waals surface area contributed by atoms with Crippen molar-refractivity contribution >= 4 is 11.6 Å². The molecular formula is C6H7NO2. The molecule has 0 unspecified atom stereocenters. The Balaban J connectivity index is 0.000000640. The van der Waals surface area contributed by atoms with Crippen molar-refractivity contribution in [1.29, 1.82) is 0 Å². The van der Waals surface area contributed by atoms with Crippen LogP contribution in [0, 0.1) is 0 Å². The van der Waals surface area contributed by atoms with E-state index in [1.54, 1.807) is 0 Å². The molecule has 3 heteroatoms. The first kappa shape index (κ1) is 7.78. The summed E-state index contributed by atoms with van der Waals surface area (Å²) in [5.74, 6) is -0.241. The lowest BCUT2D eigenvalue weighted by atomic mass is 10.2. The van der Waals surface area contributed by atoms with Crippen LogP contribution < -0.4 is 6.15 Å². The average Bonchev–Trinajstić information content (AvgIpc) is 1.77. The zero-order chi connectivity index (χ0) is 5.98. The monoisotopic (exact) mass is 125 g/mol. The summed E-state index contributed by atoms with van der Waals surface area (Å²) in [4.78, 5) is 20.6. The third-order valence-electron chi connectivity index (χ3n) is 0.824. The zero-order valence-electron chi connectivity index (χ0n) is 4.83. The molecule has 1 aliphatic carbocycles. The molecule has 9 heavy (non-hydrogen) atoms. The van der Waals surface area contributed by atoms with Gasteiger partial charge in [0, 0.05) is 0 Å². The molecule has 0 aliphatic heterocycles. The van der Waals surface area contributed by atoms with Crippen molar-refractivity contribution in [3.8, 4) is 0 Å². The van der Waals surface area contributed by atoms with Crippen LogP contribution in [0.4, 0.5) is 0 Å². The summed E-state index contributed by atoms with van der Waals surface area (Å²) in [6.07, 6.45) is 5.01. The molecule has 0 radical (unpaired) electrons. The number of allylic oxidation sites excluding steroid dienone is 4. The van der Waals surface area contributed by atoms with Crippen LogP contribution in [0.2, 0.25) is 0 Å². The highest BCUT2D eigenvalue weighted by molar-refractivity contribution is 6.14. The maximum absolute atomic E-state index is 10.3. The van der Waals surface area contributed by atoms with E-state index in [9.17, 15) is 9.59 Å². The molecule has 0 fully saturated rings. The molecule has 0 aromatic rings. The van der Waals surface area contributed by atoms with E-state index >= 15 is 0 Å². The highest BCUT2D eigenvalue weighted by atomic mass is 16.1. The average molecular weight is 125 g/mol. The SMILES string of the molecule is N.O=C1C=CC(=O)C=C1. The van der Waals surface area contributed by atoms with E-state index in [0.717, 1.165) is 0 Å². The molecule has 0 atom stereocenters. The number of carbonyl (C=O) groups is 2. The highest BCUT2D eigenvalue weighted by Crippen LogP contribution is 1.90. The Hall–Kier alpha value is -1.22. The van der Waals surface area contributed by atoms with Gasteiger partial charge in [-0.3, -0.25) is 9.59 Å². The summed E-state index contributed by atoms with van der Waals surface area (Å²) in [6, 6.07) is 0. The summed E-state index contributed by atoms with van der Waals surface area (Å²) in [7, 11) is 0. The van der Waals surface area contributed by atoms with E-state index in [1.807, 2.05) is 0 Å². The Labute approximate surface area is 52.6 Å². The quantitative estimate of drug-likeness (QED) is 0.477. The van der Waals surface area contributed by atoms with Crippen LogP contribution in [0.15, 0.2) is 24.3 Å². The standard InChI is InChI=1S/C6H4O2.H3N/c7-5-1-2-6(8)4-3-5;/h1-4H;1H3. The van der Waals surface area contributed by atoms with Crippen LogP contribution >= 0.6 is 0 Å². The van der Waals surface area contributed by atoms with Crippen molar-refractivity contribution < 1.29 is 9.59 Å². The molecule has 1 rings (SSSR count). The fraction of sp³-hybridized carbons (Fsp3) is 0. The minimum absolute atomic E-state index is 0. The van der Waals surface area contributed by atoms with E-state index in [2.05, 4.69) is 0 Å². The molecule has 0 amide bonds. The first-order valence-corrected chi connectivity index (χ1v) is 2.23. The van der Waals surface area contributed by atoms with Gasteiger partial charge in [0.25, 0.3) is 0 Å². The largest absolute Gasteiger partial charge is 0.344 e. The molecule has 0 saturated heterocycles. The van der Waals surface area contributed by atoms with Crippen LogP contribution in [-0.2, 0) is 9.59 Å². The Morgan fingerprint density at radius 2 is 1.00 bits per heavy atom. The normalized spacial score (nSPS) is 15.6. The van der Waals surface area contributed by atoms with Gasteiger partial charge in [0.1, 0.15) is 0 Å². The zero-order valence-corrected chi connectivity index (χ0v) is 4.83. The lowest BCUT2D eigenvalue weighted by Crippen LogP contribution is -1.97. The van der Waals surface area contributed by atoms with Gasteiger partial charge in [-0.15, -0.1) is 0 Å². The fourth-order valence-electron chi connectivity index (χ4n) is 0.440. The summed E-state index contributed by atoms with van der Waals surface area (Å²) >= 11 is 0. The van der Waals surface area contributed by atoms with Crippen LogP contribution in [-0.4, -0.2) is 11.6 Å². The number of hydrogen-bond acceptors (Lipinski definition) is 3. The molecule has 0 saturated carbocycles. The minimum Gasteiger partial charge on any atom is -0.344 e. The fourth-order valence-corrected chi connectivity index (χ4v) is 0.440. The van der Waals surface area contributed by atoms with Crippen molar-refractivity contribution in [2.75, 3.05) is 0 Å². The third-order valence-corrected chi connectivity index (χ3v) is 0.824. The smallest absolute Gasteiger partial charge is 0.178 e. The molecular weight excluding hydrogens is 118 g/mol. The predicted molar refractivity (Wildman–Crippen MR) is 33.3 cm³/mol. The minimum atomic E-state index is -0.121. The van der Waals surface area contributed by atoms with Gasteiger partial charge in [-0.2, -0.15) is 0 Å². The maximum atomic E-state index is 10.3. The second-order valence-corrected chi connectivity index (χ2v) is 1.47. The number of carbonyl (C=O) groups excluding carboxylic acids is 2. The van der Waals surface area contributed by atoms with Gasteiger partial charge >= 0.3 is 0 Å². The Morgan fingerprint density at radius 3 is 1.22 bits per heavy atom. The van der Waals surface area contributed by atoms with Crippen LogP contribution in [0.1, 0.15) is 0 Å². The number of rotatable bonds is 0. The first-order valence-electron chi connectivity index (χ1n) is 2.23. The van der Waals surface area contributed by atoms with Crippen LogP contribution in [0.3, 0.4) is 0 Å². The molecule has 0 heterocycles. The van der Waals surface area contributed by atoms with Gasteiger partial charge in [0.05, 0.1) is 0 Å². The Kier molecular flexibility index (Phi) is 2.54. The maximum Gasteiger partial charge on any atom is 0.178 e. The van der Waals surface area contributed by atoms with Gasteiger partial charge in [-0.05, 0) is 24.3 Å². The Morgan fingerprint density at radius 1 is 0.778 bits per heavy atom. The molecule has 48 valence electrons. The second kappa shape index (κ2) is 2.94. The summed E-state index contributed by atoms with van der Waals surface area (Å²) in [6.45, 7) is 0. The van der Waals surface area contributed by atoms with Gasteiger partial charge in [0.2, 0.25) is 0 Å². The highest BCUT2D eigenvalue weighted by Gasteiger charge is 1.97. The third kappa shape index (κ3) is 2.01. The molecule has 0 aromatic heterocycles. The van der Waals surface area contributed by atoms with E-state index < -0.39 is 0 Å². The summed E-state index contributed by atoms with van der Waals surface area (Å²) < 4.78 is 0. The Bertz CT molecular complexity index is 153. The van der Waals surface area contributed by atoms with E-state index in [0.29, 0.717) is 0 Å². The van der Waals surface area contributed by atoms with E-state index in [4.69, 9.17) is 0 Å². The van der Waals surface area contributed by atoms with Crippen molar-refractivity contribution in [3.05, 3.63) is 24.3 Å². The lowest BCUT2D eigenvalue weighted by Gasteiger charge is -1.87. The molecule has 0 aromatic carbocycles. The van der Waals surface area contributed by atoms with Crippen molar-refractivity contribution in [2.45, 2.75) is 0 Å². The summed E-state index contributed by atoms with van der Waals surface area (Å²) in [5, 5.41) is 0. The molecule has 0 spiro atoms. The molecule has 3 N–H and O–H groups in total. The molecule has 3 nitrogen and oxygen atoms in total. The topological polar surface area (TPSA) is 69.1 Å². The molecule has 1 aliphatic rings. The van der Waals surface area contributed by atoms with Gasteiger partial charge < -0.3 is 6.15 Å². The summed E-state index contributed by atoms with van der Waals surface area (Å²) in [5.41, 5.74) is 0. The van der Waals surface area contributed by atoms with Crippen molar-refractivity contribution in [2.24, 2.45) is 0 Å². The number of hydrogen-bond donors (Lipinski definition) is 1. The van der Waals surface area contributed by atoms with E-state index in [1.165, 1.54) is 24.3 Å². The van der Waals surface area contributed by atoms with Gasteiger partial charge in [0.15, 0.2) is 11.6 Å². The number of ketones is 2. The molecule has 0 bridgehead atoms. The predicted octanol–water partition coefficient (Wildman–Crippen LogP) is 0.413.